The van der Waals surface area contributed by atoms with Crippen molar-refractivity contribution in [3.05, 3.63) is 17.5 Å². The second kappa shape index (κ2) is 6.82. The molecule has 0 aliphatic heterocycles. The van der Waals surface area contributed by atoms with Gasteiger partial charge in [0.1, 0.15) is 0 Å². The van der Waals surface area contributed by atoms with E-state index in [1.165, 1.54) is 23.5 Å². The van der Waals surface area contributed by atoms with Gasteiger partial charge in [0.05, 0.1) is 11.9 Å². The molecule has 0 aliphatic rings. The molecule has 1 heterocycles. The Kier molecular flexibility index (Phi) is 5.72. The molecule has 0 aliphatic carbocycles. The van der Waals surface area contributed by atoms with Gasteiger partial charge in [-0.05, 0) is 25.5 Å². The SMILES string of the molecule is CSC(=S)N/N=C/c1cc(C)nc(SC)n1. The molecule has 0 saturated heterocycles. The van der Waals surface area contributed by atoms with Gasteiger partial charge in [0.25, 0.3) is 0 Å². The minimum absolute atomic E-state index is 0.632. The third kappa shape index (κ3) is 4.46. The number of thiocarbonyl (C=S) groups is 1. The van der Waals surface area contributed by atoms with Gasteiger partial charge in [0.2, 0.25) is 0 Å². The Balaban J connectivity index is 2.73. The fourth-order valence-corrected chi connectivity index (χ4v) is 1.55. The van der Waals surface area contributed by atoms with E-state index < -0.39 is 0 Å². The highest BCUT2D eigenvalue weighted by Gasteiger charge is 1.98. The molecule has 86 valence electrons. The van der Waals surface area contributed by atoms with E-state index >= 15 is 0 Å². The van der Waals surface area contributed by atoms with E-state index in [9.17, 15) is 0 Å². The minimum atomic E-state index is 0.632. The predicted molar refractivity (Wildman–Crippen MR) is 75.4 cm³/mol. The Morgan fingerprint density at radius 3 is 2.88 bits per heavy atom. The number of thioether (sulfide) groups is 2. The molecule has 0 spiro atoms. The average Bonchev–Trinajstić information content (AvgIpc) is 2.28. The van der Waals surface area contributed by atoms with Crippen molar-refractivity contribution in [1.82, 2.24) is 15.4 Å². The maximum absolute atomic E-state index is 4.95. The number of hydrazone groups is 1. The Morgan fingerprint density at radius 1 is 1.50 bits per heavy atom. The van der Waals surface area contributed by atoms with Crippen LogP contribution in [0.2, 0.25) is 0 Å². The second-order valence-electron chi connectivity index (χ2n) is 2.78. The average molecular weight is 272 g/mol. The van der Waals surface area contributed by atoms with Crippen LogP contribution in [0.5, 0.6) is 0 Å². The van der Waals surface area contributed by atoms with Crippen molar-refractivity contribution >= 4 is 46.3 Å². The largest absolute Gasteiger partial charge is 0.262 e. The van der Waals surface area contributed by atoms with Gasteiger partial charge in [0.15, 0.2) is 9.48 Å². The molecule has 0 atom stereocenters. The number of aromatic nitrogens is 2. The van der Waals surface area contributed by atoms with Crippen LogP contribution in [0.3, 0.4) is 0 Å². The highest BCUT2D eigenvalue weighted by molar-refractivity contribution is 8.22. The van der Waals surface area contributed by atoms with Gasteiger partial charge in [-0.2, -0.15) is 5.10 Å². The van der Waals surface area contributed by atoms with E-state index in [0.29, 0.717) is 4.32 Å². The molecule has 0 amide bonds. The van der Waals surface area contributed by atoms with Crippen molar-refractivity contribution in [3.8, 4) is 0 Å². The van der Waals surface area contributed by atoms with Crippen LogP contribution in [-0.2, 0) is 0 Å². The molecule has 0 radical (unpaired) electrons. The zero-order valence-corrected chi connectivity index (χ0v) is 11.7. The number of hydrogen-bond acceptors (Lipinski definition) is 6. The van der Waals surface area contributed by atoms with Crippen LogP contribution in [0.4, 0.5) is 0 Å². The maximum atomic E-state index is 4.95. The highest BCUT2D eigenvalue weighted by Crippen LogP contribution is 2.09. The molecule has 4 nitrogen and oxygen atoms in total. The zero-order valence-electron chi connectivity index (χ0n) is 9.22. The molecule has 0 aromatic carbocycles. The molecule has 0 bridgehead atoms. The number of rotatable bonds is 3. The Labute approximate surface area is 109 Å². The lowest BCUT2D eigenvalue weighted by Gasteiger charge is -2.00. The smallest absolute Gasteiger partial charge is 0.188 e. The quantitative estimate of drug-likeness (QED) is 0.299. The summed E-state index contributed by atoms with van der Waals surface area (Å²) in [7, 11) is 0. The molecular weight excluding hydrogens is 260 g/mol. The topological polar surface area (TPSA) is 50.2 Å². The third-order valence-corrected chi connectivity index (χ3v) is 3.18. The van der Waals surface area contributed by atoms with Gasteiger partial charge in [-0.25, -0.2) is 9.97 Å². The molecule has 1 aromatic rings. The van der Waals surface area contributed by atoms with Gasteiger partial charge in [-0.3, -0.25) is 5.43 Å². The van der Waals surface area contributed by atoms with Crippen LogP contribution in [-0.4, -0.2) is 33.0 Å². The maximum Gasteiger partial charge on any atom is 0.188 e. The van der Waals surface area contributed by atoms with Crippen molar-refractivity contribution in [2.75, 3.05) is 12.5 Å². The second-order valence-corrected chi connectivity index (χ2v) is 5.04. The highest BCUT2D eigenvalue weighted by atomic mass is 32.2. The molecule has 1 rings (SSSR count). The summed E-state index contributed by atoms with van der Waals surface area (Å²) in [6, 6.07) is 1.87. The van der Waals surface area contributed by atoms with E-state index in [0.717, 1.165) is 16.5 Å². The summed E-state index contributed by atoms with van der Waals surface area (Å²) < 4.78 is 0.632. The fourth-order valence-electron chi connectivity index (χ4n) is 0.919. The van der Waals surface area contributed by atoms with E-state index in [4.69, 9.17) is 12.2 Å². The summed E-state index contributed by atoms with van der Waals surface area (Å²) in [6.45, 7) is 1.93. The monoisotopic (exact) mass is 272 g/mol. The summed E-state index contributed by atoms with van der Waals surface area (Å²) in [6.07, 6.45) is 5.47. The first-order chi connectivity index (χ1) is 7.65. The standard InChI is InChI=1S/C9H12N4S3/c1-6-4-7(12-8(11-6)15-2)5-10-13-9(14)16-3/h4-5H,1-3H3,(H,13,14)/b10-5+. The van der Waals surface area contributed by atoms with Crippen LogP contribution in [0.15, 0.2) is 16.3 Å². The summed E-state index contributed by atoms with van der Waals surface area (Å²) in [5.41, 5.74) is 4.43. The first-order valence-corrected chi connectivity index (χ1v) is 7.28. The lowest BCUT2D eigenvalue weighted by Crippen LogP contribution is -2.10. The third-order valence-electron chi connectivity index (χ3n) is 1.57. The Hall–Kier alpha value is -0.660. The molecule has 0 fully saturated rings. The van der Waals surface area contributed by atoms with Crippen LogP contribution < -0.4 is 5.43 Å². The van der Waals surface area contributed by atoms with Crippen molar-refractivity contribution < 1.29 is 0 Å². The number of hydrogen-bond donors (Lipinski definition) is 1. The van der Waals surface area contributed by atoms with E-state index in [2.05, 4.69) is 20.5 Å². The summed E-state index contributed by atoms with van der Waals surface area (Å²) >= 11 is 7.89. The zero-order chi connectivity index (χ0) is 12.0. The van der Waals surface area contributed by atoms with E-state index in [1.807, 2.05) is 25.5 Å². The van der Waals surface area contributed by atoms with Crippen molar-refractivity contribution in [1.29, 1.82) is 0 Å². The van der Waals surface area contributed by atoms with Gasteiger partial charge in [0, 0.05) is 5.69 Å². The van der Waals surface area contributed by atoms with Gasteiger partial charge in [-0.15, -0.1) is 0 Å². The van der Waals surface area contributed by atoms with Gasteiger partial charge >= 0.3 is 0 Å². The Bertz CT molecular complexity index is 406. The number of nitrogens with one attached hydrogen (secondary N) is 1. The molecule has 16 heavy (non-hydrogen) atoms. The summed E-state index contributed by atoms with van der Waals surface area (Å²) in [4.78, 5) is 8.54. The summed E-state index contributed by atoms with van der Waals surface area (Å²) in [5.74, 6) is 0. The molecule has 7 heteroatoms. The van der Waals surface area contributed by atoms with Gasteiger partial charge < -0.3 is 0 Å². The summed E-state index contributed by atoms with van der Waals surface area (Å²) in [5, 5.41) is 4.74. The lowest BCUT2D eigenvalue weighted by atomic mass is 10.3. The molecule has 0 unspecified atom stereocenters. The van der Waals surface area contributed by atoms with E-state index in [-0.39, 0.29) is 0 Å². The first-order valence-electron chi connectivity index (χ1n) is 4.42. The Morgan fingerprint density at radius 2 is 2.25 bits per heavy atom. The predicted octanol–water partition coefficient (Wildman–Crippen LogP) is 2.08. The van der Waals surface area contributed by atoms with E-state index in [1.54, 1.807) is 6.21 Å². The van der Waals surface area contributed by atoms with Crippen LogP contribution >= 0.6 is 35.7 Å². The molecule has 1 N–H and O–H groups in total. The lowest BCUT2D eigenvalue weighted by molar-refractivity contribution is 0.926. The van der Waals surface area contributed by atoms with Crippen molar-refractivity contribution in [2.45, 2.75) is 12.1 Å². The van der Waals surface area contributed by atoms with Gasteiger partial charge in [-0.1, -0.05) is 35.7 Å². The normalized spacial score (nSPS) is 10.7. The van der Waals surface area contributed by atoms with Crippen LogP contribution in [0.25, 0.3) is 0 Å². The first kappa shape index (κ1) is 13.4. The number of nitrogens with zero attached hydrogens (tertiary/aromatic N) is 3. The minimum Gasteiger partial charge on any atom is -0.262 e. The fraction of sp³-hybridized carbons (Fsp3) is 0.333. The van der Waals surface area contributed by atoms with Crippen LogP contribution in [0.1, 0.15) is 11.4 Å². The van der Waals surface area contributed by atoms with Crippen molar-refractivity contribution in [3.63, 3.8) is 0 Å². The molecule has 1 aromatic heterocycles. The van der Waals surface area contributed by atoms with Crippen molar-refractivity contribution in [2.24, 2.45) is 5.10 Å². The van der Waals surface area contributed by atoms with Crippen LogP contribution in [0, 0.1) is 6.92 Å². The molecular formula is C9H12N4S3. The number of aryl methyl sites for hydroxylation is 1. The molecule has 0 saturated carbocycles.